The maximum absolute atomic E-state index is 14.5. The van der Waals surface area contributed by atoms with Crippen molar-refractivity contribution in [1.29, 1.82) is 0 Å². The molecule has 0 spiro atoms. The topological polar surface area (TPSA) is 109 Å². The Balaban J connectivity index is 1.46. The van der Waals surface area contributed by atoms with Crippen LogP contribution in [-0.4, -0.2) is 37.9 Å². The Morgan fingerprint density at radius 2 is 1.88 bits per heavy atom. The van der Waals surface area contributed by atoms with Crippen molar-refractivity contribution in [2.24, 2.45) is 0 Å². The Kier molecular flexibility index (Phi) is 6.05. The van der Waals surface area contributed by atoms with Crippen LogP contribution in [-0.2, 0) is 0 Å². The second-order valence-corrected chi connectivity index (χ2v) is 7.59. The second kappa shape index (κ2) is 9.08. The zero-order chi connectivity index (χ0) is 22.7. The summed E-state index contributed by atoms with van der Waals surface area (Å²) in [5.74, 6) is 4.07. The summed E-state index contributed by atoms with van der Waals surface area (Å²) in [6.45, 7) is 0. The van der Waals surface area contributed by atoms with Gasteiger partial charge in [0.25, 0.3) is 5.91 Å². The quantitative estimate of drug-likeness (QED) is 0.522. The number of pyridine rings is 1. The summed E-state index contributed by atoms with van der Waals surface area (Å²) in [5.41, 5.74) is 1.20. The third-order valence-electron chi connectivity index (χ3n) is 4.95. The van der Waals surface area contributed by atoms with Crippen LogP contribution in [0, 0.1) is 17.7 Å². The lowest BCUT2D eigenvalue weighted by Gasteiger charge is -2.35. The number of benzene rings is 1. The molecule has 2 aromatic heterocycles. The lowest BCUT2D eigenvalue weighted by molar-refractivity contribution is 0.0997. The molecule has 4 rings (SSSR count). The molecule has 0 saturated heterocycles. The van der Waals surface area contributed by atoms with Crippen LogP contribution in [0.3, 0.4) is 0 Å². The summed E-state index contributed by atoms with van der Waals surface area (Å²) in [4.78, 5) is 27.5. The van der Waals surface area contributed by atoms with Crippen molar-refractivity contribution < 1.29 is 19.1 Å². The molecule has 3 aromatic rings. The number of nitrogens with one attached hydrogen (secondary N) is 2. The molecule has 32 heavy (non-hydrogen) atoms. The lowest BCUT2D eigenvalue weighted by Crippen LogP contribution is -2.45. The Hall–Kier alpha value is -3.90. The molecule has 0 unspecified atom stereocenters. The van der Waals surface area contributed by atoms with Crippen molar-refractivity contribution in [3.05, 3.63) is 76.5 Å². The van der Waals surface area contributed by atoms with Gasteiger partial charge in [-0.3, -0.25) is 9.48 Å². The summed E-state index contributed by atoms with van der Waals surface area (Å²) < 4.78 is 15.9. The third kappa shape index (κ3) is 4.71. The van der Waals surface area contributed by atoms with Crippen LogP contribution in [0.25, 0.3) is 0 Å². The first-order chi connectivity index (χ1) is 15.4. The minimum Gasteiger partial charge on any atom is -0.465 e. The molecule has 1 aliphatic carbocycles. The molecule has 2 heterocycles. The zero-order valence-corrected chi connectivity index (χ0v) is 17.3. The highest BCUT2D eigenvalue weighted by atomic mass is 35.5. The highest BCUT2D eigenvalue weighted by molar-refractivity contribution is 6.34. The first-order valence-corrected chi connectivity index (χ1v) is 10.0. The second-order valence-electron chi connectivity index (χ2n) is 7.18. The Morgan fingerprint density at radius 3 is 2.56 bits per heavy atom. The first-order valence-electron chi connectivity index (χ1n) is 9.67. The highest BCUT2D eigenvalue weighted by Gasteiger charge is 2.35. The van der Waals surface area contributed by atoms with Gasteiger partial charge in [-0.1, -0.05) is 41.6 Å². The molecule has 2 amide bonds. The molecule has 1 aromatic carbocycles. The Morgan fingerprint density at radius 1 is 1.16 bits per heavy atom. The number of rotatable bonds is 4. The van der Waals surface area contributed by atoms with Crippen LogP contribution >= 0.6 is 11.6 Å². The highest BCUT2D eigenvalue weighted by Crippen LogP contribution is 2.34. The molecule has 8 nitrogen and oxygen atoms in total. The van der Waals surface area contributed by atoms with Gasteiger partial charge in [-0.25, -0.2) is 14.2 Å². The number of amides is 2. The van der Waals surface area contributed by atoms with Gasteiger partial charge in [-0.05, 0) is 31.0 Å². The van der Waals surface area contributed by atoms with Crippen molar-refractivity contribution in [3.63, 3.8) is 0 Å². The fraction of sp³-hybridized carbons (Fsp3) is 0.182. The summed E-state index contributed by atoms with van der Waals surface area (Å²) in [6.07, 6.45) is 2.50. The van der Waals surface area contributed by atoms with Crippen LogP contribution in [0.4, 0.5) is 15.0 Å². The van der Waals surface area contributed by atoms with Crippen molar-refractivity contribution >= 4 is 29.4 Å². The van der Waals surface area contributed by atoms with E-state index < -0.39 is 17.8 Å². The molecule has 0 bridgehead atoms. The number of anilines is 1. The van der Waals surface area contributed by atoms with E-state index in [-0.39, 0.29) is 28.6 Å². The predicted octanol–water partition coefficient (Wildman–Crippen LogP) is 3.69. The van der Waals surface area contributed by atoms with E-state index in [1.165, 1.54) is 23.1 Å². The van der Waals surface area contributed by atoms with Gasteiger partial charge in [0, 0.05) is 23.4 Å². The number of nitrogens with zero attached hydrogens (tertiary/aromatic N) is 3. The average Bonchev–Trinajstić information content (AvgIpc) is 3.12. The molecule has 3 N–H and O–H groups in total. The van der Waals surface area contributed by atoms with Gasteiger partial charge in [-0.2, -0.15) is 5.10 Å². The van der Waals surface area contributed by atoms with Crippen molar-refractivity contribution in [2.45, 2.75) is 24.9 Å². The molecular formula is C22H17ClFN5O3. The van der Waals surface area contributed by atoms with E-state index in [2.05, 4.69) is 32.6 Å². The van der Waals surface area contributed by atoms with Gasteiger partial charge < -0.3 is 15.7 Å². The monoisotopic (exact) mass is 453 g/mol. The smallest absolute Gasteiger partial charge is 0.404 e. The maximum Gasteiger partial charge on any atom is 0.404 e. The van der Waals surface area contributed by atoms with Gasteiger partial charge in [0.05, 0.1) is 17.3 Å². The van der Waals surface area contributed by atoms with Gasteiger partial charge in [0.1, 0.15) is 5.69 Å². The van der Waals surface area contributed by atoms with Crippen molar-refractivity contribution in [3.8, 4) is 11.8 Å². The Labute approximate surface area is 187 Å². The van der Waals surface area contributed by atoms with Crippen LogP contribution < -0.4 is 10.6 Å². The molecule has 0 radical (unpaired) electrons. The number of carbonyl (C=O) groups is 2. The number of carbonyl (C=O) groups excluding carboxylic acids is 1. The maximum atomic E-state index is 14.5. The molecule has 1 aliphatic rings. The molecule has 0 aliphatic heterocycles. The normalized spacial score (nSPS) is 16.9. The van der Waals surface area contributed by atoms with E-state index in [0.29, 0.717) is 18.4 Å². The summed E-state index contributed by atoms with van der Waals surface area (Å²) in [5, 5.41) is 17.8. The number of carboxylic acid groups (broad SMARTS) is 1. The minimum atomic E-state index is -1.11. The van der Waals surface area contributed by atoms with E-state index in [1.807, 2.05) is 30.3 Å². The Bertz CT molecular complexity index is 1230. The van der Waals surface area contributed by atoms with Gasteiger partial charge >= 0.3 is 6.09 Å². The average molecular weight is 454 g/mol. The van der Waals surface area contributed by atoms with Crippen LogP contribution in [0.15, 0.2) is 48.8 Å². The van der Waals surface area contributed by atoms with E-state index in [9.17, 15) is 14.0 Å². The van der Waals surface area contributed by atoms with Crippen LogP contribution in [0.5, 0.6) is 0 Å². The molecular weight excluding hydrogens is 437 g/mol. The summed E-state index contributed by atoms with van der Waals surface area (Å²) in [7, 11) is 0. The van der Waals surface area contributed by atoms with E-state index >= 15 is 0 Å². The minimum absolute atomic E-state index is 0.0552. The van der Waals surface area contributed by atoms with Crippen LogP contribution in [0.1, 0.15) is 40.5 Å². The molecule has 0 atom stereocenters. The van der Waals surface area contributed by atoms with Crippen molar-refractivity contribution in [1.82, 2.24) is 20.1 Å². The standard InChI is InChI=1S/C22H17ClFN5O3/c23-17-12-26-29(16-9-15(10-16)27-22(31)32)19(17)21(30)28-20-18(24)8-14(11-25-20)7-6-13-4-2-1-3-5-13/h1-5,8,11-12,15-16,27H,9-10H2,(H,31,32)(H,25,28,30). The SMILES string of the molecule is O=C(O)NC1CC(n2ncc(Cl)c2C(=O)Nc2ncc(C#Cc3ccccc3)cc2F)C1. The fourth-order valence-electron chi connectivity index (χ4n) is 3.34. The largest absolute Gasteiger partial charge is 0.465 e. The summed E-state index contributed by atoms with van der Waals surface area (Å²) >= 11 is 6.13. The van der Waals surface area contributed by atoms with Gasteiger partial charge in [0.2, 0.25) is 0 Å². The van der Waals surface area contributed by atoms with Gasteiger partial charge in [0.15, 0.2) is 11.6 Å². The van der Waals surface area contributed by atoms with Gasteiger partial charge in [-0.15, -0.1) is 0 Å². The molecule has 1 saturated carbocycles. The predicted molar refractivity (Wildman–Crippen MR) is 115 cm³/mol. The zero-order valence-electron chi connectivity index (χ0n) is 16.5. The number of aromatic nitrogens is 3. The van der Waals surface area contributed by atoms with E-state index in [0.717, 1.165) is 5.56 Å². The first kappa shape index (κ1) is 21.3. The lowest BCUT2D eigenvalue weighted by atomic mass is 9.87. The third-order valence-corrected chi connectivity index (χ3v) is 5.23. The van der Waals surface area contributed by atoms with Crippen molar-refractivity contribution in [2.75, 3.05) is 5.32 Å². The molecule has 10 heteroatoms. The number of halogens is 2. The fourth-order valence-corrected chi connectivity index (χ4v) is 3.56. The number of hydrogen-bond donors (Lipinski definition) is 3. The molecule has 1 fully saturated rings. The van der Waals surface area contributed by atoms with Crippen LogP contribution in [0.2, 0.25) is 5.02 Å². The summed E-state index contributed by atoms with van der Waals surface area (Å²) in [6, 6.07) is 10.0. The molecule has 162 valence electrons. The number of hydrogen-bond acceptors (Lipinski definition) is 4. The van der Waals surface area contributed by atoms with E-state index in [1.54, 1.807) is 0 Å². The van der Waals surface area contributed by atoms with E-state index in [4.69, 9.17) is 16.7 Å².